The number of halogens is 4. The van der Waals surface area contributed by atoms with E-state index >= 15 is 0 Å². The first-order valence-corrected chi connectivity index (χ1v) is 7.42. The lowest BCUT2D eigenvalue weighted by Gasteiger charge is -2.36. The van der Waals surface area contributed by atoms with Gasteiger partial charge in [-0.25, -0.2) is 4.39 Å². The van der Waals surface area contributed by atoms with Gasteiger partial charge in [0.1, 0.15) is 5.82 Å². The molecule has 1 aliphatic rings. The molecule has 0 spiro atoms. The molecular formula is C15H22BrCl2FN2. The summed E-state index contributed by atoms with van der Waals surface area (Å²) < 4.78 is 14.3. The average Bonchev–Trinajstić information content (AvgIpc) is 2.40. The molecule has 120 valence electrons. The summed E-state index contributed by atoms with van der Waals surface area (Å²) in [6, 6.07) is 5.47. The molecule has 1 heterocycles. The van der Waals surface area contributed by atoms with Crippen molar-refractivity contribution in [3.05, 3.63) is 46.2 Å². The van der Waals surface area contributed by atoms with Gasteiger partial charge in [0, 0.05) is 32.2 Å². The van der Waals surface area contributed by atoms with Gasteiger partial charge in [-0.1, -0.05) is 17.7 Å². The SMILES string of the molecule is C=C(C)C[C@@H](c1cccc(F)c1Br)N1CCNCC1.Cl.Cl. The number of hydrogen-bond acceptors (Lipinski definition) is 2. The maximum Gasteiger partial charge on any atom is 0.137 e. The fourth-order valence-corrected chi connectivity index (χ4v) is 3.07. The van der Waals surface area contributed by atoms with Crippen LogP contribution >= 0.6 is 40.7 Å². The molecule has 1 atom stereocenters. The predicted octanol–water partition coefficient (Wildman–Crippen LogP) is 4.34. The fourth-order valence-electron chi connectivity index (χ4n) is 2.54. The van der Waals surface area contributed by atoms with Gasteiger partial charge in [-0.3, -0.25) is 4.90 Å². The van der Waals surface area contributed by atoms with Gasteiger partial charge in [-0.2, -0.15) is 0 Å². The minimum absolute atomic E-state index is 0. The van der Waals surface area contributed by atoms with Crippen LogP contribution in [0.15, 0.2) is 34.8 Å². The highest BCUT2D eigenvalue weighted by atomic mass is 79.9. The van der Waals surface area contributed by atoms with Crippen LogP contribution in [0.2, 0.25) is 0 Å². The normalized spacial score (nSPS) is 16.5. The molecule has 2 nitrogen and oxygen atoms in total. The Morgan fingerprint density at radius 3 is 2.57 bits per heavy atom. The predicted molar refractivity (Wildman–Crippen MR) is 95.2 cm³/mol. The average molecular weight is 400 g/mol. The van der Waals surface area contributed by atoms with E-state index in [0.29, 0.717) is 4.47 Å². The lowest BCUT2D eigenvalue weighted by molar-refractivity contribution is 0.171. The third-order valence-corrected chi connectivity index (χ3v) is 4.31. The molecule has 1 aliphatic heterocycles. The first-order valence-electron chi connectivity index (χ1n) is 6.62. The Bertz CT molecular complexity index is 465. The van der Waals surface area contributed by atoms with Gasteiger partial charge in [0.25, 0.3) is 0 Å². The van der Waals surface area contributed by atoms with Crippen molar-refractivity contribution in [3.8, 4) is 0 Å². The molecule has 1 N–H and O–H groups in total. The van der Waals surface area contributed by atoms with E-state index in [1.54, 1.807) is 6.07 Å². The van der Waals surface area contributed by atoms with Gasteiger partial charge in [-0.05, 0) is 40.9 Å². The number of piperazine rings is 1. The van der Waals surface area contributed by atoms with Gasteiger partial charge in [0.2, 0.25) is 0 Å². The second-order valence-electron chi connectivity index (χ2n) is 5.11. The summed E-state index contributed by atoms with van der Waals surface area (Å²) in [5, 5.41) is 3.35. The van der Waals surface area contributed by atoms with Gasteiger partial charge in [0.05, 0.1) is 4.47 Å². The molecule has 0 aromatic heterocycles. The molecule has 0 unspecified atom stereocenters. The Morgan fingerprint density at radius 2 is 2.00 bits per heavy atom. The van der Waals surface area contributed by atoms with E-state index in [4.69, 9.17) is 0 Å². The van der Waals surface area contributed by atoms with Crippen LogP contribution < -0.4 is 5.32 Å². The van der Waals surface area contributed by atoms with Crippen LogP contribution in [-0.2, 0) is 0 Å². The first-order chi connectivity index (χ1) is 9.09. The summed E-state index contributed by atoms with van der Waals surface area (Å²) in [6.07, 6.45) is 0.863. The number of nitrogens with one attached hydrogen (secondary N) is 1. The first kappa shape index (κ1) is 20.9. The minimum atomic E-state index is -0.195. The number of nitrogens with zero attached hydrogens (tertiary/aromatic N) is 1. The van der Waals surface area contributed by atoms with Crippen LogP contribution in [0.1, 0.15) is 24.9 Å². The van der Waals surface area contributed by atoms with E-state index in [-0.39, 0.29) is 36.7 Å². The quantitative estimate of drug-likeness (QED) is 0.757. The molecule has 1 aromatic rings. The van der Waals surface area contributed by atoms with E-state index in [0.717, 1.165) is 43.7 Å². The fraction of sp³-hybridized carbons (Fsp3) is 0.467. The lowest BCUT2D eigenvalue weighted by atomic mass is 9.98. The van der Waals surface area contributed by atoms with Crippen LogP contribution in [-0.4, -0.2) is 31.1 Å². The minimum Gasteiger partial charge on any atom is -0.314 e. The Labute approximate surface area is 147 Å². The lowest BCUT2D eigenvalue weighted by Crippen LogP contribution is -2.45. The second-order valence-corrected chi connectivity index (χ2v) is 5.90. The van der Waals surface area contributed by atoms with Gasteiger partial charge in [-0.15, -0.1) is 31.4 Å². The Morgan fingerprint density at radius 1 is 1.38 bits per heavy atom. The summed E-state index contributed by atoms with van der Waals surface area (Å²) in [5.74, 6) is -0.195. The molecule has 0 amide bonds. The molecule has 0 bridgehead atoms. The van der Waals surface area contributed by atoms with E-state index in [9.17, 15) is 4.39 Å². The van der Waals surface area contributed by atoms with Crippen molar-refractivity contribution in [1.29, 1.82) is 0 Å². The third kappa shape index (κ3) is 5.53. The molecule has 1 aromatic carbocycles. The number of hydrogen-bond donors (Lipinski definition) is 1. The zero-order chi connectivity index (χ0) is 13.8. The Hall–Kier alpha value is -0.130. The summed E-state index contributed by atoms with van der Waals surface area (Å²) in [4.78, 5) is 2.41. The van der Waals surface area contributed by atoms with Crippen molar-refractivity contribution in [1.82, 2.24) is 10.2 Å². The highest BCUT2D eigenvalue weighted by Gasteiger charge is 2.24. The molecule has 0 radical (unpaired) electrons. The van der Waals surface area contributed by atoms with E-state index in [1.165, 1.54) is 6.07 Å². The van der Waals surface area contributed by atoms with Gasteiger partial charge >= 0.3 is 0 Å². The van der Waals surface area contributed by atoms with E-state index in [1.807, 2.05) is 13.0 Å². The number of rotatable bonds is 4. The zero-order valence-corrected chi connectivity index (χ0v) is 15.3. The molecule has 1 saturated heterocycles. The Kier molecular flexibility index (Phi) is 9.74. The zero-order valence-electron chi connectivity index (χ0n) is 12.1. The van der Waals surface area contributed by atoms with Crippen molar-refractivity contribution in [2.45, 2.75) is 19.4 Å². The molecule has 0 saturated carbocycles. The highest BCUT2D eigenvalue weighted by molar-refractivity contribution is 9.10. The maximum atomic E-state index is 13.7. The monoisotopic (exact) mass is 398 g/mol. The van der Waals surface area contributed by atoms with Gasteiger partial charge < -0.3 is 5.32 Å². The van der Waals surface area contributed by atoms with Gasteiger partial charge in [0.15, 0.2) is 0 Å². The van der Waals surface area contributed by atoms with Crippen LogP contribution in [0, 0.1) is 5.82 Å². The van der Waals surface area contributed by atoms with Crippen LogP contribution in [0.5, 0.6) is 0 Å². The van der Waals surface area contributed by atoms with Crippen LogP contribution in [0.4, 0.5) is 4.39 Å². The summed E-state index contributed by atoms with van der Waals surface area (Å²) in [6.45, 7) is 9.99. The molecule has 21 heavy (non-hydrogen) atoms. The molecule has 6 heteroatoms. The van der Waals surface area contributed by atoms with Crippen molar-refractivity contribution >= 4 is 40.7 Å². The summed E-state index contributed by atoms with van der Waals surface area (Å²) in [5.41, 5.74) is 2.14. The number of benzene rings is 1. The maximum absolute atomic E-state index is 13.7. The summed E-state index contributed by atoms with van der Waals surface area (Å²) in [7, 11) is 0. The third-order valence-electron chi connectivity index (χ3n) is 3.47. The van der Waals surface area contributed by atoms with Crippen LogP contribution in [0.25, 0.3) is 0 Å². The summed E-state index contributed by atoms with van der Waals surface area (Å²) >= 11 is 3.39. The van der Waals surface area contributed by atoms with E-state index in [2.05, 4.69) is 32.7 Å². The van der Waals surface area contributed by atoms with Crippen molar-refractivity contribution in [2.24, 2.45) is 0 Å². The smallest absolute Gasteiger partial charge is 0.137 e. The molecular weight excluding hydrogens is 378 g/mol. The topological polar surface area (TPSA) is 15.3 Å². The van der Waals surface area contributed by atoms with Crippen molar-refractivity contribution in [3.63, 3.8) is 0 Å². The van der Waals surface area contributed by atoms with E-state index < -0.39 is 0 Å². The largest absolute Gasteiger partial charge is 0.314 e. The standard InChI is InChI=1S/C15H20BrFN2.2ClH/c1-11(2)10-14(19-8-6-18-7-9-19)12-4-3-5-13(17)15(12)16;;/h3-5,14,18H,1,6-10H2,2H3;2*1H/t14-;;/m0../s1. The Balaban J connectivity index is 0.00000200. The van der Waals surface area contributed by atoms with Crippen LogP contribution in [0.3, 0.4) is 0 Å². The molecule has 1 fully saturated rings. The molecule has 0 aliphatic carbocycles. The highest BCUT2D eigenvalue weighted by Crippen LogP contribution is 2.33. The van der Waals surface area contributed by atoms with Crippen molar-refractivity contribution in [2.75, 3.05) is 26.2 Å². The molecule has 2 rings (SSSR count). The van der Waals surface area contributed by atoms with Crippen molar-refractivity contribution < 1.29 is 4.39 Å². The second kappa shape index (κ2) is 9.80.